The highest BCUT2D eigenvalue weighted by Crippen LogP contribution is 1.78. The van der Waals surface area contributed by atoms with Crippen molar-refractivity contribution < 1.29 is 9.53 Å². The summed E-state index contributed by atoms with van der Waals surface area (Å²) in [6, 6.07) is 0. The van der Waals surface area contributed by atoms with Crippen LogP contribution in [0.1, 0.15) is 0 Å². The van der Waals surface area contributed by atoms with Gasteiger partial charge in [0.2, 0.25) is 0 Å². The number of nitrogens with two attached hydrogens (primary N) is 1. The molecule has 0 aromatic carbocycles. The van der Waals surface area contributed by atoms with Crippen LogP contribution in [0, 0.1) is 0 Å². The van der Waals surface area contributed by atoms with E-state index >= 15 is 0 Å². The number of azide groups is 1. The van der Waals surface area contributed by atoms with Crippen molar-refractivity contribution >= 4 is 5.97 Å². The van der Waals surface area contributed by atoms with E-state index in [1.54, 1.807) is 0 Å². The fourth-order valence-electron chi connectivity index (χ4n) is 0.308. The van der Waals surface area contributed by atoms with E-state index in [9.17, 15) is 4.79 Å². The van der Waals surface area contributed by atoms with Crippen LogP contribution in [0.15, 0.2) is 5.11 Å². The number of carbonyl (C=O) groups is 1. The Kier molecular flexibility index (Phi) is 5.13. The summed E-state index contributed by atoms with van der Waals surface area (Å²) in [5, 5.41) is 2.99. The van der Waals surface area contributed by atoms with Crippen molar-refractivity contribution in [3.05, 3.63) is 10.4 Å². The second kappa shape index (κ2) is 5.87. The predicted octanol–water partition coefficient (Wildman–Crippen LogP) is -0.201. The van der Waals surface area contributed by atoms with E-state index in [0.29, 0.717) is 0 Å². The van der Waals surface area contributed by atoms with Gasteiger partial charge in [-0.1, -0.05) is 5.11 Å². The average molecular weight is 144 g/mol. The molecular weight excluding hydrogens is 136 g/mol. The molecule has 0 amide bonds. The molecule has 0 aliphatic carbocycles. The summed E-state index contributed by atoms with van der Waals surface area (Å²) >= 11 is 0. The number of carbonyl (C=O) groups excluding carboxylic acids is 1. The van der Waals surface area contributed by atoms with Gasteiger partial charge in [-0.25, -0.2) is 0 Å². The lowest BCUT2D eigenvalue weighted by Crippen LogP contribution is -2.14. The van der Waals surface area contributed by atoms with Crippen molar-refractivity contribution in [2.45, 2.75) is 0 Å². The summed E-state index contributed by atoms with van der Waals surface area (Å²) in [6.07, 6.45) is 0. The van der Waals surface area contributed by atoms with Gasteiger partial charge in [0.15, 0.2) is 0 Å². The van der Waals surface area contributed by atoms with Crippen LogP contribution in [-0.2, 0) is 9.53 Å². The summed E-state index contributed by atoms with van der Waals surface area (Å²) in [4.78, 5) is 12.8. The van der Waals surface area contributed by atoms with E-state index in [0.717, 1.165) is 0 Å². The monoisotopic (exact) mass is 144 g/mol. The maximum atomic E-state index is 10.4. The van der Waals surface area contributed by atoms with Gasteiger partial charge in [-0.2, -0.15) is 0 Å². The Balaban J connectivity index is 3.34. The Labute approximate surface area is 57.6 Å². The quantitative estimate of drug-likeness (QED) is 0.256. The highest BCUT2D eigenvalue weighted by molar-refractivity contribution is 5.71. The van der Waals surface area contributed by atoms with Crippen molar-refractivity contribution in [1.29, 1.82) is 0 Å². The topological polar surface area (TPSA) is 101 Å². The van der Waals surface area contributed by atoms with Crippen LogP contribution in [0.2, 0.25) is 0 Å². The lowest BCUT2D eigenvalue weighted by molar-refractivity contribution is -0.141. The molecule has 0 spiro atoms. The first-order valence-corrected chi connectivity index (χ1v) is 2.67. The lowest BCUT2D eigenvalue weighted by Gasteiger charge is -1.97. The zero-order chi connectivity index (χ0) is 7.82. The zero-order valence-corrected chi connectivity index (χ0v) is 5.36. The molecule has 0 aromatic rings. The van der Waals surface area contributed by atoms with Gasteiger partial charge >= 0.3 is 5.97 Å². The molecule has 0 fully saturated rings. The molecule has 2 N–H and O–H groups in total. The molecule has 0 saturated heterocycles. The van der Waals surface area contributed by atoms with Crippen molar-refractivity contribution in [3.8, 4) is 0 Å². The van der Waals surface area contributed by atoms with Crippen LogP contribution in [0.5, 0.6) is 0 Å². The third-order valence-corrected chi connectivity index (χ3v) is 0.644. The number of esters is 1. The van der Waals surface area contributed by atoms with Crippen LogP contribution in [0.4, 0.5) is 0 Å². The van der Waals surface area contributed by atoms with E-state index in [2.05, 4.69) is 14.8 Å². The Morgan fingerprint density at radius 3 is 3.00 bits per heavy atom. The van der Waals surface area contributed by atoms with E-state index in [1.807, 2.05) is 0 Å². The van der Waals surface area contributed by atoms with Crippen LogP contribution in [-0.4, -0.2) is 25.7 Å². The minimum atomic E-state index is -0.553. The Hall–Kier alpha value is -1.26. The predicted molar refractivity (Wildman–Crippen MR) is 34.0 cm³/mol. The smallest absolute Gasteiger partial charge is 0.311 e. The molecule has 0 saturated carbocycles. The maximum Gasteiger partial charge on any atom is 0.311 e. The Morgan fingerprint density at radius 2 is 2.50 bits per heavy atom. The first-order chi connectivity index (χ1) is 4.81. The molecule has 0 aliphatic heterocycles. The number of rotatable bonds is 4. The lowest BCUT2D eigenvalue weighted by atomic mass is 10.6. The number of hydrogen-bond donors (Lipinski definition) is 1. The van der Waals surface area contributed by atoms with E-state index in [1.165, 1.54) is 0 Å². The maximum absolute atomic E-state index is 10.4. The van der Waals surface area contributed by atoms with Crippen molar-refractivity contribution in [2.75, 3.05) is 19.7 Å². The normalized spacial score (nSPS) is 8.10. The van der Waals surface area contributed by atoms with E-state index in [-0.39, 0.29) is 19.7 Å². The van der Waals surface area contributed by atoms with Crippen molar-refractivity contribution in [3.63, 3.8) is 0 Å². The molecule has 0 radical (unpaired) electrons. The number of nitrogens with zero attached hydrogens (tertiary/aromatic N) is 3. The Bertz CT molecular complexity index is 151. The summed E-state index contributed by atoms with van der Waals surface area (Å²) in [5.74, 6) is -0.553. The summed E-state index contributed by atoms with van der Waals surface area (Å²) in [7, 11) is 0. The van der Waals surface area contributed by atoms with E-state index in [4.69, 9.17) is 11.3 Å². The molecule has 6 heteroatoms. The van der Waals surface area contributed by atoms with Gasteiger partial charge in [0, 0.05) is 11.5 Å². The van der Waals surface area contributed by atoms with Gasteiger partial charge < -0.3 is 10.5 Å². The number of hydrogen-bond acceptors (Lipinski definition) is 4. The molecule has 0 heterocycles. The minimum absolute atomic E-state index is 0.166. The average Bonchev–Trinajstić information content (AvgIpc) is 1.97. The van der Waals surface area contributed by atoms with E-state index < -0.39 is 5.97 Å². The second-order valence-corrected chi connectivity index (χ2v) is 1.40. The van der Waals surface area contributed by atoms with Gasteiger partial charge in [0.25, 0.3) is 0 Å². The first-order valence-electron chi connectivity index (χ1n) is 2.67. The SMILES string of the molecule is [N-]=[N+]=NCC(=O)OCCN. The number of ether oxygens (including phenoxy) is 1. The molecule has 6 nitrogen and oxygen atoms in total. The Morgan fingerprint density at radius 1 is 1.80 bits per heavy atom. The molecule has 0 aliphatic rings. The molecule has 0 aromatic heterocycles. The first kappa shape index (κ1) is 8.74. The van der Waals surface area contributed by atoms with Crippen LogP contribution >= 0.6 is 0 Å². The molecule has 0 atom stereocenters. The molecular formula is C4H8N4O2. The van der Waals surface area contributed by atoms with Crippen molar-refractivity contribution in [2.24, 2.45) is 10.8 Å². The van der Waals surface area contributed by atoms with Crippen molar-refractivity contribution in [1.82, 2.24) is 0 Å². The molecule has 0 rings (SSSR count). The van der Waals surface area contributed by atoms with Gasteiger partial charge in [0.05, 0.1) is 0 Å². The second-order valence-electron chi connectivity index (χ2n) is 1.40. The van der Waals surface area contributed by atoms with Crippen LogP contribution in [0.3, 0.4) is 0 Å². The third-order valence-electron chi connectivity index (χ3n) is 0.644. The van der Waals surface area contributed by atoms with Crippen LogP contribution < -0.4 is 5.73 Å². The molecule has 56 valence electrons. The largest absolute Gasteiger partial charge is 0.464 e. The minimum Gasteiger partial charge on any atom is -0.464 e. The van der Waals surface area contributed by atoms with Crippen LogP contribution in [0.25, 0.3) is 10.4 Å². The van der Waals surface area contributed by atoms with Gasteiger partial charge in [-0.15, -0.1) is 0 Å². The summed E-state index contributed by atoms with van der Waals surface area (Å²) in [5.41, 5.74) is 12.8. The standard InChI is InChI=1S/C4H8N4O2/c5-1-2-10-4(9)3-7-8-6/h1-3,5H2. The highest BCUT2D eigenvalue weighted by Gasteiger charge is 1.96. The third kappa shape index (κ3) is 4.89. The fourth-order valence-corrected chi connectivity index (χ4v) is 0.308. The zero-order valence-electron chi connectivity index (χ0n) is 5.36. The van der Waals surface area contributed by atoms with Gasteiger partial charge in [-0.05, 0) is 5.53 Å². The summed E-state index contributed by atoms with van der Waals surface area (Å²) in [6.45, 7) is 0.179. The fraction of sp³-hybridized carbons (Fsp3) is 0.750. The molecule has 0 bridgehead atoms. The molecule has 0 unspecified atom stereocenters. The summed E-state index contributed by atoms with van der Waals surface area (Å²) < 4.78 is 4.46. The van der Waals surface area contributed by atoms with Gasteiger partial charge in [0.1, 0.15) is 13.2 Å². The van der Waals surface area contributed by atoms with Gasteiger partial charge in [-0.3, -0.25) is 4.79 Å². The molecule has 10 heavy (non-hydrogen) atoms. The highest BCUT2D eigenvalue weighted by atomic mass is 16.5.